The molecule has 0 bridgehead atoms. The lowest BCUT2D eigenvalue weighted by Gasteiger charge is -2.18. The van der Waals surface area contributed by atoms with Crippen molar-refractivity contribution in [3.05, 3.63) is 60.8 Å². The van der Waals surface area contributed by atoms with E-state index in [0.29, 0.717) is 25.9 Å². The standard InChI is InChI=1S/C63H114O5/c1-4-7-10-13-16-19-22-25-28-31-32-34-36-39-42-45-48-51-54-57-63(65)68-61(59-66-58-55-52-49-46-43-40-37-30-27-24-21-18-15-12-9-6-3)60-67-62(64)56-53-50-47-44-41-38-35-33-29-26-23-20-17-14-11-8-5-2/h16,19,25,28,32,34,39,42,48,51,61H,4-15,17-18,20-24,26-27,29-31,33,35-38,40-41,43-47,49-50,52-60H2,1-3H3/b19-16-,28-25-,34-32-,42-39-,51-48-/t61-/m1/s1. The second kappa shape index (κ2) is 58.9. The number of esters is 2. The van der Waals surface area contributed by atoms with Crippen molar-refractivity contribution >= 4 is 11.9 Å². The van der Waals surface area contributed by atoms with Gasteiger partial charge in [-0.1, -0.05) is 293 Å². The fraction of sp³-hybridized carbons (Fsp3) is 0.810. The Balaban J connectivity index is 4.35. The molecule has 0 unspecified atom stereocenters. The third-order valence-electron chi connectivity index (χ3n) is 13.1. The van der Waals surface area contributed by atoms with Crippen LogP contribution in [0.3, 0.4) is 0 Å². The summed E-state index contributed by atoms with van der Waals surface area (Å²) in [6, 6.07) is 0. The molecule has 0 amide bonds. The second-order valence-electron chi connectivity index (χ2n) is 19.9. The molecule has 0 N–H and O–H groups in total. The van der Waals surface area contributed by atoms with Crippen molar-refractivity contribution in [2.24, 2.45) is 0 Å². The summed E-state index contributed by atoms with van der Waals surface area (Å²) in [6.45, 7) is 7.78. The maximum absolute atomic E-state index is 12.8. The van der Waals surface area contributed by atoms with E-state index >= 15 is 0 Å². The molecule has 0 aromatic rings. The Morgan fingerprint density at radius 3 is 1.04 bits per heavy atom. The summed E-state index contributed by atoms with van der Waals surface area (Å²) in [6.07, 6.45) is 75.4. The molecule has 0 fully saturated rings. The van der Waals surface area contributed by atoms with Gasteiger partial charge in [-0.2, -0.15) is 0 Å². The Hall–Kier alpha value is -2.40. The first-order valence-electron chi connectivity index (χ1n) is 29.8. The molecule has 5 heteroatoms. The zero-order valence-corrected chi connectivity index (χ0v) is 45.6. The van der Waals surface area contributed by atoms with Gasteiger partial charge in [0.05, 0.1) is 6.61 Å². The monoisotopic (exact) mass is 951 g/mol. The van der Waals surface area contributed by atoms with Crippen molar-refractivity contribution in [1.29, 1.82) is 0 Å². The molecular formula is C63H114O5. The van der Waals surface area contributed by atoms with Gasteiger partial charge < -0.3 is 14.2 Å². The van der Waals surface area contributed by atoms with E-state index in [9.17, 15) is 9.59 Å². The van der Waals surface area contributed by atoms with Crippen LogP contribution >= 0.6 is 0 Å². The summed E-state index contributed by atoms with van der Waals surface area (Å²) in [5.41, 5.74) is 0. The lowest BCUT2D eigenvalue weighted by atomic mass is 10.0. The zero-order valence-electron chi connectivity index (χ0n) is 45.6. The average molecular weight is 952 g/mol. The highest BCUT2D eigenvalue weighted by atomic mass is 16.6. The van der Waals surface area contributed by atoms with Crippen LogP contribution in [-0.4, -0.2) is 37.9 Å². The van der Waals surface area contributed by atoms with Crippen LogP contribution in [0.4, 0.5) is 0 Å². The third kappa shape index (κ3) is 56.2. The molecule has 0 aromatic carbocycles. The van der Waals surface area contributed by atoms with E-state index in [0.717, 1.165) is 51.4 Å². The Labute approximate surface area is 424 Å². The van der Waals surface area contributed by atoms with Gasteiger partial charge in [0.25, 0.3) is 0 Å². The summed E-state index contributed by atoms with van der Waals surface area (Å²) in [4.78, 5) is 25.5. The number of hydrogen-bond acceptors (Lipinski definition) is 5. The van der Waals surface area contributed by atoms with E-state index < -0.39 is 6.10 Å². The van der Waals surface area contributed by atoms with E-state index in [1.54, 1.807) is 0 Å². The first kappa shape index (κ1) is 65.6. The predicted octanol–water partition coefficient (Wildman–Crippen LogP) is 20.5. The van der Waals surface area contributed by atoms with Gasteiger partial charge in [-0.25, -0.2) is 0 Å². The molecule has 0 aromatic heterocycles. The minimum absolute atomic E-state index is 0.0599. The number of hydrogen-bond donors (Lipinski definition) is 0. The summed E-state index contributed by atoms with van der Waals surface area (Å²) in [5, 5.41) is 0. The Bertz CT molecular complexity index is 1170. The summed E-state index contributed by atoms with van der Waals surface area (Å²) < 4.78 is 17.4. The molecule has 0 saturated heterocycles. The van der Waals surface area contributed by atoms with Crippen LogP contribution in [0.25, 0.3) is 0 Å². The van der Waals surface area contributed by atoms with Gasteiger partial charge in [0.1, 0.15) is 6.61 Å². The van der Waals surface area contributed by atoms with Crippen molar-refractivity contribution in [1.82, 2.24) is 0 Å². The number of ether oxygens (including phenoxy) is 3. The zero-order chi connectivity index (χ0) is 49.2. The molecule has 0 aliphatic carbocycles. The van der Waals surface area contributed by atoms with E-state index in [2.05, 4.69) is 75.5 Å². The van der Waals surface area contributed by atoms with Crippen molar-refractivity contribution in [2.75, 3.05) is 19.8 Å². The fourth-order valence-corrected chi connectivity index (χ4v) is 8.61. The first-order valence-corrected chi connectivity index (χ1v) is 29.8. The van der Waals surface area contributed by atoms with Gasteiger partial charge in [-0.3, -0.25) is 9.59 Å². The van der Waals surface area contributed by atoms with E-state index in [1.165, 1.54) is 212 Å². The third-order valence-corrected chi connectivity index (χ3v) is 13.1. The number of carbonyl (C=O) groups is 2. The van der Waals surface area contributed by atoms with Crippen LogP contribution in [0.2, 0.25) is 0 Å². The molecule has 0 saturated carbocycles. The van der Waals surface area contributed by atoms with E-state index in [-0.39, 0.29) is 25.2 Å². The highest BCUT2D eigenvalue weighted by Gasteiger charge is 2.17. The van der Waals surface area contributed by atoms with Crippen molar-refractivity contribution in [3.8, 4) is 0 Å². The highest BCUT2D eigenvalue weighted by molar-refractivity contribution is 5.70. The van der Waals surface area contributed by atoms with E-state index in [4.69, 9.17) is 14.2 Å². The number of unbranched alkanes of at least 4 members (excludes halogenated alkanes) is 34. The Morgan fingerprint density at radius 1 is 0.324 bits per heavy atom. The van der Waals surface area contributed by atoms with Gasteiger partial charge in [-0.05, 0) is 57.8 Å². The molecule has 1 atom stereocenters. The summed E-state index contributed by atoms with van der Waals surface area (Å²) in [7, 11) is 0. The van der Waals surface area contributed by atoms with Crippen LogP contribution < -0.4 is 0 Å². The second-order valence-corrected chi connectivity index (χ2v) is 19.9. The summed E-state index contributed by atoms with van der Waals surface area (Å²) >= 11 is 0. The van der Waals surface area contributed by atoms with Crippen LogP contribution in [0.1, 0.15) is 303 Å². The smallest absolute Gasteiger partial charge is 0.306 e. The fourth-order valence-electron chi connectivity index (χ4n) is 8.61. The molecule has 0 radical (unpaired) electrons. The number of allylic oxidation sites excluding steroid dienone is 10. The highest BCUT2D eigenvalue weighted by Crippen LogP contribution is 2.16. The van der Waals surface area contributed by atoms with Gasteiger partial charge in [0.15, 0.2) is 6.10 Å². The molecule has 0 spiro atoms. The molecule has 0 aliphatic heterocycles. The Kier molecular flexibility index (Phi) is 56.8. The van der Waals surface area contributed by atoms with Crippen LogP contribution in [-0.2, 0) is 23.8 Å². The first-order chi connectivity index (χ1) is 33.6. The van der Waals surface area contributed by atoms with Crippen LogP contribution in [0.15, 0.2) is 60.8 Å². The van der Waals surface area contributed by atoms with Crippen molar-refractivity contribution < 1.29 is 23.8 Å². The largest absolute Gasteiger partial charge is 0.462 e. The maximum atomic E-state index is 12.8. The number of carbonyl (C=O) groups excluding carboxylic acids is 2. The lowest BCUT2D eigenvalue weighted by Crippen LogP contribution is -2.30. The van der Waals surface area contributed by atoms with Crippen molar-refractivity contribution in [2.45, 2.75) is 309 Å². The molecule has 0 heterocycles. The minimum atomic E-state index is -0.573. The predicted molar refractivity (Wildman–Crippen MR) is 298 cm³/mol. The lowest BCUT2D eigenvalue weighted by molar-refractivity contribution is -0.162. The van der Waals surface area contributed by atoms with E-state index in [1.807, 2.05) is 6.08 Å². The van der Waals surface area contributed by atoms with Gasteiger partial charge >= 0.3 is 11.9 Å². The van der Waals surface area contributed by atoms with Gasteiger partial charge in [-0.15, -0.1) is 0 Å². The quantitative estimate of drug-likeness (QED) is 0.0345. The van der Waals surface area contributed by atoms with Crippen molar-refractivity contribution in [3.63, 3.8) is 0 Å². The molecule has 0 aliphatic rings. The normalized spacial score (nSPS) is 12.6. The molecule has 5 nitrogen and oxygen atoms in total. The molecule has 68 heavy (non-hydrogen) atoms. The molecule has 0 rings (SSSR count). The SMILES string of the molecule is CCCCC/C=C\C/C=C\C/C=C\C/C=C\C/C=C\CCC(=O)O[C@H](COCCCCCCCCCCCCCCCCCC)COC(=O)CCCCCCCCCCCCCCCCCCC. The number of rotatable bonds is 55. The Morgan fingerprint density at radius 2 is 0.647 bits per heavy atom. The average Bonchev–Trinajstić information content (AvgIpc) is 3.34. The topological polar surface area (TPSA) is 61.8 Å². The molecule has 396 valence electrons. The minimum Gasteiger partial charge on any atom is -0.462 e. The van der Waals surface area contributed by atoms with Gasteiger partial charge in [0, 0.05) is 19.4 Å². The van der Waals surface area contributed by atoms with Gasteiger partial charge in [0.2, 0.25) is 0 Å². The summed E-state index contributed by atoms with van der Waals surface area (Å²) in [5.74, 6) is -0.475. The maximum Gasteiger partial charge on any atom is 0.306 e. The van der Waals surface area contributed by atoms with Crippen LogP contribution in [0.5, 0.6) is 0 Å². The molecular weight excluding hydrogens is 837 g/mol. The van der Waals surface area contributed by atoms with Crippen LogP contribution in [0, 0.1) is 0 Å².